The monoisotopic (exact) mass is 179 g/mol. The molecule has 0 aliphatic carbocycles. The van der Waals surface area contributed by atoms with Crippen molar-refractivity contribution in [2.45, 2.75) is 0 Å². The normalized spacial score (nSPS) is 0. The van der Waals surface area contributed by atoms with E-state index in [1.807, 2.05) is 0 Å². The second kappa shape index (κ2) is 217. The zero-order valence-electron chi connectivity index (χ0n) is 6.58. The second-order valence-corrected chi connectivity index (χ2v) is 0. The molecule has 0 atom stereocenters. The first-order valence-electron chi connectivity index (χ1n) is 0. The van der Waals surface area contributed by atoms with Crippen molar-refractivity contribution in [3.63, 3.8) is 0 Å². The molecular formula is C6H18Y-6. The molecule has 0 rings (SSSR count). The summed E-state index contributed by atoms with van der Waals surface area (Å²) < 4.78 is 0. The Bertz CT molecular complexity index is 4.14. The first kappa shape index (κ1) is 336. The van der Waals surface area contributed by atoms with Gasteiger partial charge in [0.15, 0.2) is 0 Å². The van der Waals surface area contributed by atoms with Gasteiger partial charge in [0.1, 0.15) is 0 Å². The topological polar surface area (TPSA) is 0 Å². The molecular weight excluding hydrogens is 161 g/mol. The molecule has 0 unspecified atom stereocenters. The van der Waals surface area contributed by atoms with E-state index in [9.17, 15) is 0 Å². The van der Waals surface area contributed by atoms with Gasteiger partial charge in [-0.1, -0.05) is 0 Å². The van der Waals surface area contributed by atoms with E-state index < -0.39 is 0 Å². The predicted octanol–water partition coefficient (Wildman–Crippen LogP) is 2.70. The van der Waals surface area contributed by atoms with E-state index in [1.165, 1.54) is 0 Å². The molecule has 7 heavy (non-hydrogen) atoms. The first-order valence-corrected chi connectivity index (χ1v) is 0. The molecule has 0 amide bonds. The maximum Gasteiger partial charge on any atom is 0 e. The van der Waals surface area contributed by atoms with Gasteiger partial charge in [0.2, 0.25) is 0 Å². The molecule has 0 aromatic rings. The van der Waals surface area contributed by atoms with Crippen molar-refractivity contribution >= 4 is 0 Å². The van der Waals surface area contributed by atoms with Crippen LogP contribution in [0.2, 0.25) is 0 Å². The summed E-state index contributed by atoms with van der Waals surface area (Å²) in [6, 6.07) is 0. The third-order valence-electron chi connectivity index (χ3n) is 0. The van der Waals surface area contributed by atoms with Gasteiger partial charge in [-0.2, -0.15) is 0 Å². The maximum atomic E-state index is 0. The van der Waals surface area contributed by atoms with Crippen LogP contribution in [-0.2, 0) is 32.7 Å². The minimum Gasteiger partial charge on any atom is -0.358 e. The van der Waals surface area contributed by atoms with Crippen molar-refractivity contribution < 1.29 is 32.7 Å². The van der Waals surface area contributed by atoms with Gasteiger partial charge in [0.05, 0.1) is 0 Å². The van der Waals surface area contributed by atoms with Crippen molar-refractivity contribution in [1.29, 1.82) is 0 Å². The van der Waals surface area contributed by atoms with Gasteiger partial charge >= 0.3 is 0 Å². The van der Waals surface area contributed by atoms with Gasteiger partial charge < -0.3 is 44.6 Å². The van der Waals surface area contributed by atoms with Gasteiger partial charge in [0.25, 0.3) is 0 Å². The van der Waals surface area contributed by atoms with E-state index in [2.05, 4.69) is 0 Å². The third-order valence-corrected chi connectivity index (χ3v) is 0. The smallest absolute Gasteiger partial charge is 0 e. The molecule has 0 aromatic carbocycles. The molecule has 1 heteroatoms. The van der Waals surface area contributed by atoms with Crippen molar-refractivity contribution in [2.75, 3.05) is 0 Å². The van der Waals surface area contributed by atoms with Crippen LogP contribution in [0.1, 0.15) is 0 Å². The van der Waals surface area contributed by atoms with Crippen LogP contribution in [-0.4, -0.2) is 0 Å². The number of hydrogen-bond acceptors (Lipinski definition) is 0. The summed E-state index contributed by atoms with van der Waals surface area (Å²) in [6.07, 6.45) is 0. The zero-order chi connectivity index (χ0) is 0. The Balaban J connectivity index is 0. The summed E-state index contributed by atoms with van der Waals surface area (Å²) in [5, 5.41) is 0. The number of hydrogen-bond donors (Lipinski definition) is 0. The van der Waals surface area contributed by atoms with Crippen LogP contribution in [0.3, 0.4) is 0 Å². The van der Waals surface area contributed by atoms with Crippen molar-refractivity contribution in [1.82, 2.24) is 0 Å². The van der Waals surface area contributed by atoms with Gasteiger partial charge in [0, 0.05) is 32.7 Å². The molecule has 0 fully saturated rings. The van der Waals surface area contributed by atoms with Gasteiger partial charge in [-0.15, -0.1) is 0 Å². The molecule has 0 spiro atoms. The Kier molecular flexibility index (Phi) is 10400. The molecule has 0 aliphatic rings. The van der Waals surface area contributed by atoms with Crippen LogP contribution in [0.15, 0.2) is 0 Å². The zero-order valence-corrected chi connectivity index (χ0v) is 9.42. The van der Waals surface area contributed by atoms with Gasteiger partial charge in [-0.05, 0) is 0 Å². The summed E-state index contributed by atoms with van der Waals surface area (Å²) in [7, 11) is 0. The Hall–Kier alpha value is 1.10. The van der Waals surface area contributed by atoms with Crippen LogP contribution >= 0.6 is 0 Å². The predicted molar refractivity (Wildman–Crippen MR) is 38.5 cm³/mol. The Labute approximate surface area is 77.0 Å². The molecule has 0 aliphatic heterocycles. The van der Waals surface area contributed by atoms with Crippen LogP contribution in [0.4, 0.5) is 0 Å². The number of rotatable bonds is 0. The molecule has 0 bridgehead atoms. The van der Waals surface area contributed by atoms with E-state index in [0.717, 1.165) is 0 Å². The quantitative estimate of drug-likeness (QED) is 0.501. The molecule has 0 N–H and O–H groups in total. The summed E-state index contributed by atoms with van der Waals surface area (Å²) in [6.45, 7) is 0. The average molecular weight is 179 g/mol. The Morgan fingerprint density at radius 1 is 0.286 bits per heavy atom. The van der Waals surface area contributed by atoms with E-state index in [-0.39, 0.29) is 77.3 Å². The van der Waals surface area contributed by atoms with Gasteiger partial charge in [-0.25, -0.2) is 0 Å². The summed E-state index contributed by atoms with van der Waals surface area (Å²) in [5.74, 6) is 0. The van der Waals surface area contributed by atoms with Crippen LogP contribution in [0.25, 0.3) is 0 Å². The Morgan fingerprint density at radius 2 is 0.286 bits per heavy atom. The maximum absolute atomic E-state index is 0. The van der Waals surface area contributed by atoms with Crippen LogP contribution in [0.5, 0.6) is 0 Å². The van der Waals surface area contributed by atoms with Crippen LogP contribution < -0.4 is 0 Å². The fraction of sp³-hybridized carbons (Fsp3) is 0. The van der Waals surface area contributed by atoms with E-state index in [4.69, 9.17) is 0 Å². The minimum atomic E-state index is 0. The molecule has 0 nitrogen and oxygen atoms in total. The molecule has 0 saturated carbocycles. The standard InChI is InChI=1S/6CH3.Y/h6*1H3;/q6*-1;. The third kappa shape index (κ3) is 152. The van der Waals surface area contributed by atoms with E-state index in [1.54, 1.807) is 0 Å². The summed E-state index contributed by atoms with van der Waals surface area (Å²) in [4.78, 5) is 0. The molecule has 1 radical (unpaired) electrons. The second-order valence-electron chi connectivity index (χ2n) is 0. The fourth-order valence-electron chi connectivity index (χ4n) is 0. The molecule has 0 saturated heterocycles. The fourth-order valence-corrected chi connectivity index (χ4v) is 0. The Morgan fingerprint density at radius 3 is 0.286 bits per heavy atom. The van der Waals surface area contributed by atoms with Crippen LogP contribution in [0, 0.1) is 44.6 Å². The molecule has 0 heterocycles. The largest absolute Gasteiger partial charge is 0.358 e. The summed E-state index contributed by atoms with van der Waals surface area (Å²) >= 11 is 0. The minimum absolute atomic E-state index is 0. The van der Waals surface area contributed by atoms with E-state index in [0.29, 0.717) is 0 Å². The molecule has 0 aromatic heterocycles. The molecule has 51 valence electrons. The van der Waals surface area contributed by atoms with E-state index >= 15 is 0 Å². The SMILES string of the molecule is [CH3-].[CH3-].[CH3-].[CH3-].[CH3-].[CH3-].[Y]. The average Bonchev–Trinajstić information content (AvgIpc) is 0. The van der Waals surface area contributed by atoms with Crippen molar-refractivity contribution in [2.24, 2.45) is 0 Å². The first-order chi connectivity index (χ1) is 0. The summed E-state index contributed by atoms with van der Waals surface area (Å²) in [5.41, 5.74) is 0. The van der Waals surface area contributed by atoms with Crippen molar-refractivity contribution in [3.8, 4) is 0 Å². The van der Waals surface area contributed by atoms with Gasteiger partial charge in [-0.3, -0.25) is 0 Å². The van der Waals surface area contributed by atoms with Crippen molar-refractivity contribution in [3.05, 3.63) is 44.6 Å².